The normalized spacial score (nSPS) is 19.6. The Morgan fingerprint density at radius 1 is 1.16 bits per heavy atom. The number of urea groups is 1. The average Bonchev–Trinajstić information content (AvgIpc) is 2.88. The second-order valence-corrected chi connectivity index (χ2v) is 7.90. The molecule has 4 amide bonds. The standard InChI is InChI=1S/C15H18N4O5S/c1-16-25(23,24)11-4-2-10(3-5-11)12(20)19-8-6-15(7-9-19)13(21)17-14(22)18-15/h2-5,16H,6-9H2,1H3,(H2,17,18,21,22). The van der Waals surface area contributed by atoms with Crippen LogP contribution in [0.4, 0.5) is 4.79 Å². The molecule has 10 heteroatoms. The fourth-order valence-corrected chi connectivity index (χ4v) is 3.78. The average molecular weight is 366 g/mol. The molecule has 0 unspecified atom stereocenters. The maximum atomic E-state index is 12.6. The van der Waals surface area contributed by atoms with Gasteiger partial charge in [0.1, 0.15) is 5.54 Å². The van der Waals surface area contributed by atoms with Crippen LogP contribution in [-0.2, 0) is 14.8 Å². The first kappa shape index (κ1) is 17.4. The van der Waals surface area contributed by atoms with Gasteiger partial charge in [0.05, 0.1) is 4.90 Å². The summed E-state index contributed by atoms with van der Waals surface area (Å²) < 4.78 is 25.6. The van der Waals surface area contributed by atoms with Crippen LogP contribution in [0.1, 0.15) is 23.2 Å². The Hall–Kier alpha value is -2.46. The zero-order valence-electron chi connectivity index (χ0n) is 13.5. The molecule has 25 heavy (non-hydrogen) atoms. The predicted molar refractivity (Wildman–Crippen MR) is 87.2 cm³/mol. The van der Waals surface area contributed by atoms with Crippen molar-refractivity contribution in [2.24, 2.45) is 0 Å². The molecule has 3 rings (SSSR count). The van der Waals surface area contributed by atoms with Gasteiger partial charge in [-0.15, -0.1) is 0 Å². The van der Waals surface area contributed by atoms with Gasteiger partial charge in [0, 0.05) is 18.7 Å². The number of sulfonamides is 1. The van der Waals surface area contributed by atoms with E-state index < -0.39 is 21.6 Å². The van der Waals surface area contributed by atoms with Gasteiger partial charge in [0.2, 0.25) is 10.0 Å². The van der Waals surface area contributed by atoms with Crippen molar-refractivity contribution in [2.75, 3.05) is 20.1 Å². The van der Waals surface area contributed by atoms with E-state index in [0.29, 0.717) is 31.5 Å². The topological polar surface area (TPSA) is 125 Å². The molecule has 2 aliphatic heterocycles. The van der Waals surface area contributed by atoms with Crippen molar-refractivity contribution in [3.63, 3.8) is 0 Å². The van der Waals surface area contributed by atoms with Gasteiger partial charge in [-0.05, 0) is 44.2 Å². The fraction of sp³-hybridized carbons (Fsp3) is 0.400. The van der Waals surface area contributed by atoms with E-state index in [1.807, 2.05) is 0 Å². The largest absolute Gasteiger partial charge is 0.338 e. The van der Waals surface area contributed by atoms with Crippen molar-refractivity contribution in [2.45, 2.75) is 23.3 Å². The third-order valence-electron chi connectivity index (χ3n) is 4.60. The number of carbonyl (C=O) groups is 3. The Morgan fingerprint density at radius 2 is 1.76 bits per heavy atom. The summed E-state index contributed by atoms with van der Waals surface area (Å²) in [6.07, 6.45) is 0.672. The summed E-state index contributed by atoms with van der Waals surface area (Å²) in [6, 6.07) is 5.15. The fourth-order valence-electron chi connectivity index (χ4n) is 3.05. The van der Waals surface area contributed by atoms with Crippen molar-refractivity contribution >= 4 is 27.9 Å². The van der Waals surface area contributed by atoms with Crippen LogP contribution in [0.3, 0.4) is 0 Å². The van der Waals surface area contributed by atoms with Gasteiger partial charge in [-0.2, -0.15) is 0 Å². The molecule has 0 aromatic heterocycles. The molecule has 2 saturated heterocycles. The lowest BCUT2D eigenvalue weighted by atomic mass is 9.87. The maximum Gasteiger partial charge on any atom is 0.322 e. The summed E-state index contributed by atoms with van der Waals surface area (Å²) in [5.74, 6) is -0.598. The minimum absolute atomic E-state index is 0.0782. The highest BCUT2D eigenvalue weighted by Crippen LogP contribution is 2.26. The quantitative estimate of drug-likeness (QED) is 0.617. The number of piperidine rings is 1. The molecular weight excluding hydrogens is 348 g/mol. The summed E-state index contributed by atoms with van der Waals surface area (Å²) in [6.45, 7) is 0.645. The third kappa shape index (κ3) is 3.10. The van der Waals surface area contributed by atoms with Crippen LogP contribution in [-0.4, -0.2) is 56.8 Å². The van der Waals surface area contributed by atoms with Crippen LogP contribution in [0.15, 0.2) is 29.2 Å². The molecule has 2 aliphatic rings. The number of nitrogens with one attached hydrogen (secondary N) is 3. The Bertz CT molecular complexity index is 826. The highest BCUT2D eigenvalue weighted by atomic mass is 32.2. The number of hydrogen-bond acceptors (Lipinski definition) is 5. The lowest BCUT2D eigenvalue weighted by Gasteiger charge is -2.37. The Kier molecular flexibility index (Phi) is 4.25. The molecular formula is C15H18N4O5S. The van der Waals surface area contributed by atoms with Gasteiger partial charge < -0.3 is 10.2 Å². The van der Waals surface area contributed by atoms with Gasteiger partial charge in [0.15, 0.2) is 0 Å². The first-order valence-corrected chi connectivity index (χ1v) is 9.22. The van der Waals surface area contributed by atoms with E-state index in [9.17, 15) is 22.8 Å². The van der Waals surface area contributed by atoms with E-state index in [1.165, 1.54) is 31.3 Å². The van der Waals surface area contributed by atoms with Crippen molar-refractivity contribution in [1.29, 1.82) is 0 Å². The first-order valence-electron chi connectivity index (χ1n) is 7.74. The molecule has 1 aromatic carbocycles. The Morgan fingerprint density at radius 3 is 2.24 bits per heavy atom. The molecule has 1 spiro atoms. The van der Waals surface area contributed by atoms with E-state index in [1.54, 1.807) is 4.90 Å². The molecule has 3 N–H and O–H groups in total. The zero-order chi connectivity index (χ0) is 18.2. The highest BCUT2D eigenvalue weighted by Gasteiger charge is 2.48. The molecule has 0 atom stereocenters. The number of hydrogen-bond donors (Lipinski definition) is 3. The van der Waals surface area contributed by atoms with Crippen LogP contribution in [0.5, 0.6) is 0 Å². The smallest absolute Gasteiger partial charge is 0.322 e. The molecule has 0 radical (unpaired) electrons. The SMILES string of the molecule is CNS(=O)(=O)c1ccc(C(=O)N2CCC3(CC2)NC(=O)NC3=O)cc1. The van der Waals surface area contributed by atoms with E-state index in [4.69, 9.17) is 0 Å². The molecule has 0 aliphatic carbocycles. The van der Waals surface area contributed by atoms with Gasteiger partial charge in [-0.25, -0.2) is 17.9 Å². The molecule has 2 heterocycles. The van der Waals surface area contributed by atoms with Crippen LogP contribution in [0.25, 0.3) is 0 Å². The van der Waals surface area contributed by atoms with Crippen LogP contribution >= 0.6 is 0 Å². The van der Waals surface area contributed by atoms with Crippen molar-refractivity contribution in [3.8, 4) is 0 Å². The number of carbonyl (C=O) groups excluding carboxylic acids is 3. The molecule has 0 saturated carbocycles. The van der Waals surface area contributed by atoms with Gasteiger partial charge in [-0.3, -0.25) is 14.9 Å². The van der Waals surface area contributed by atoms with E-state index in [2.05, 4.69) is 15.4 Å². The number of rotatable bonds is 3. The Labute approximate surface area is 144 Å². The first-order chi connectivity index (χ1) is 11.8. The minimum Gasteiger partial charge on any atom is -0.338 e. The van der Waals surface area contributed by atoms with Crippen molar-refractivity contribution < 1.29 is 22.8 Å². The summed E-state index contributed by atoms with van der Waals surface area (Å²) in [5, 5.41) is 4.86. The van der Waals surface area contributed by atoms with E-state index in [0.717, 1.165) is 0 Å². The number of amides is 4. The zero-order valence-corrected chi connectivity index (χ0v) is 14.4. The second-order valence-electron chi connectivity index (χ2n) is 6.01. The molecule has 9 nitrogen and oxygen atoms in total. The summed E-state index contributed by atoms with van der Waals surface area (Å²) in [5.41, 5.74) is -0.565. The van der Waals surface area contributed by atoms with Crippen molar-refractivity contribution in [1.82, 2.24) is 20.3 Å². The van der Waals surface area contributed by atoms with Crippen molar-refractivity contribution in [3.05, 3.63) is 29.8 Å². The summed E-state index contributed by atoms with van der Waals surface area (Å²) in [7, 11) is -2.24. The van der Waals surface area contributed by atoms with Crippen LogP contribution < -0.4 is 15.4 Å². The highest BCUT2D eigenvalue weighted by molar-refractivity contribution is 7.89. The maximum absolute atomic E-state index is 12.6. The van der Waals surface area contributed by atoms with Gasteiger partial charge in [-0.1, -0.05) is 0 Å². The number of benzene rings is 1. The molecule has 1 aromatic rings. The number of imide groups is 1. The molecule has 134 valence electrons. The van der Waals surface area contributed by atoms with Crippen LogP contribution in [0, 0.1) is 0 Å². The summed E-state index contributed by atoms with van der Waals surface area (Å²) in [4.78, 5) is 37.4. The number of likely N-dealkylation sites (tertiary alicyclic amines) is 1. The molecule has 2 fully saturated rings. The second kappa shape index (κ2) is 6.12. The van der Waals surface area contributed by atoms with Crippen LogP contribution in [0.2, 0.25) is 0 Å². The monoisotopic (exact) mass is 366 g/mol. The van der Waals surface area contributed by atoms with E-state index >= 15 is 0 Å². The third-order valence-corrected chi connectivity index (χ3v) is 6.03. The van der Waals surface area contributed by atoms with E-state index in [-0.39, 0.29) is 16.7 Å². The summed E-state index contributed by atoms with van der Waals surface area (Å²) >= 11 is 0. The lowest BCUT2D eigenvalue weighted by Crippen LogP contribution is -2.55. The predicted octanol–water partition coefficient (Wildman–Crippen LogP) is -0.591. The van der Waals surface area contributed by atoms with Gasteiger partial charge in [0.25, 0.3) is 11.8 Å². The molecule has 0 bridgehead atoms. The Balaban J connectivity index is 1.69. The number of nitrogens with zero attached hydrogens (tertiary/aromatic N) is 1. The van der Waals surface area contributed by atoms with Gasteiger partial charge >= 0.3 is 6.03 Å². The lowest BCUT2D eigenvalue weighted by molar-refractivity contribution is -0.125. The minimum atomic E-state index is -3.55.